The van der Waals surface area contributed by atoms with Gasteiger partial charge in [-0.15, -0.1) is 0 Å². The number of ether oxygens (including phenoxy) is 2. The molecular formula is C29H28ClF3N2O5. The lowest BCUT2D eigenvalue weighted by atomic mass is 10.0. The summed E-state index contributed by atoms with van der Waals surface area (Å²) in [5.41, 5.74) is 1.94. The van der Waals surface area contributed by atoms with Crippen LogP contribution < -0.4 is 19.7 Å². The molecule has 40 heavy (non-hydrogen) atoms. The van der Waals surface area contributed by atoms with Crippen molar-refractivity contribution in [3.63, 3.8) is 0 Å². The Morgan fingerprint density at radius 1 is 1.07 bits per heavy atom. The first-order chi connectivity index (χ1) is 19.0. The van der Waals surface area contributed by atoms with E-state index in [9.17, 15) is 23.1 Å². The molecule has 0 amide bonds. The Labute approximate surface area is 234 Å². The SMILES string of the molecule is COc1cc(N/C(=C(/O)N2CCc3c(C)cc(C(F)(F)F)cc32)c2ccc(Cl)cc2)cc(OCCCC(=O)O)c1. The summed E-state index contributed by atoms with van der Waals surface area (Å²) in [6, 6.07) is 13.8. The van der Waals surface area contributed by atoms with Gasteiger partial charge in [0, 0.05) is 53.1 Å². The van der Waals surface area contributed by atoms with E-state index < -0.39 is 17.7 Å². The molecule has 0 aromatic heterocycles. The predicted octanol–water partition coefficient (Wildman–Crippen LogP) is 7.28. The topological polar surface area (TPSA) is 91.3 Å². The maximum atomic E-state index is 13.6. The van der Waals surface area contributed by atoms with Crippen LogP contribution in [0.1, 0.15) is 35.1 Å². The van der Waals surface area contributed by atoms with Crippen LogP contribution in [0.25, 0.3) is 5.70 Å². The van der Waals surface area contributed by atoms with Gasteiger partial charge in [0.25, 0.3) is 0 Å². The fraction of sp³-hybridized carbons (Fsp3) is 0.276. The number of benzene rings is 3. The largest absolute Gasteiger partial charge is 0.497 e. The Kier molecular flexibility index (Phi) is 8.68. The fourth-order valence-corrected chi connectivity index (χ4v) is 4.63. The first-order valence-electron chi connectivity index (χ1n) is 12.4. The number of hydrogen-bond donors (Lipinski definition) is 3. The standard InChI is InChI=1S/C29H28ClF3N2O5/c1-17-12-19(29(31,32)33)13-25-24(17)9-10-35(25)28(38)27(18-5-7-20(30)8-6-18)34-21-14-22(39-2)16-23(15-21)40-11-3-4-26(36)37/h5-8,12-16,34,38H,3-4,9-11H2,1-2H3,(H,36,37)/b28-27+. The van der Waals surface area contributed by atoms with Crippen molar-refractivity contribution in [1.82, 2.24) is 0 Å². The smallest absolute Gasteiger partial charge is 0.416 e. The number of carboxylic acids is 1. The van der Waals surface area contributed by atoms with E-state index in [1.54, 1.807) is 49.4 Å². The minimum absolute atomic E-state index is 0.0424. The summed E-state index contributed by atoms with van der Waals surface area (Å²) in [4.78, 5) is 12.3. The summed E-state index contributed by atoms with van der Waals surface area (Å²) < 4.78 is 51.9. The van der Waals surface area contributed by atoms with Gasteiger partial charge < -0.3 is 29.9 Å². The highest BCUT2D eigenvalue weighted by Crippen LogP contribution is 2.40. The van der Waals surface area contributed by atoms with Crippen LogP contribution in [0, 0.1) is 6.92 Å². The summed E-state index contributed by atoms with van der Waals surface area (Å²) in [7, 11) is 1.47. The molecule has 3 aromatic rings. The van der Waals surface area contributed by atoms with E-state index in [0.29, 0.717) is 46.2 Å². The van der Waals surface area contributed by atoms with Crippen LogP contribution in [0.15, 0.2) is 60.5 Å². The van der Waals surface area contributed by atoms with Gasteiger partial charge in [0.2, 0.25) is 5.88 Å². The summed E-state index contributed by atoms with van der Waals surface area (Å²) >= 11 is 6.08. The molecule has 0 radical (unpaired) electrons. The van der Waals surface area contributed by atoms with Gasteiger partial charge >= 0.3 is 12.1 Å². The van der Waals surface area contributed by atoms with Gasteiger partial charge in [-0.1, -0.05) is 23.7 Å². The van der Waals surface area contributed by atoms with Crippen LogP contribution in [0.2, 0.25) is 5.02 Å². The highest BCUT2D eigenvalue weighted by atomic mass is 35.5. The Bertz CT molecular complexity index is 1420. The molecule has 1 aliphatic rings. The predicted molar refractivity (Wildman–Crippen MR) is 147 cm³/mol. The number of aliphatic hydroxyl groups excluding tert-OH is 1. The summed E-state index contributed by atoms with van der Waals surface area (Å²) in [5, 5.41) is 24.1. The Balaban J connectivity index is 1.75. The molecule has 0 fully saturated rings. The van der Waals surface area contributed by atoms with E-state index in [2.05, 4.69) is 5.32 Å². The molecule has 1 heterocycles. The van der Waals surface area contributed by atoms with Gasteiger partial charge in [-0.2, -0.15) is 13.2 Å². The van der Waals surface area contributed by atoms with Crippen molar-refractivity contribution in [2.45, 2.75) is 32.4 Å². The number of nitrogens with zero attached hydrogens (tertiary/aromatic N) is 1. The number of alkyl halides is 3. The lowest BCUT2D eigenvalue weighted by Gasteiger charge is -2.24. The number of halogens is 4. The molecule has 0 unspecified atom stereocenters. The van der Waals surface area contributed by atoms with Crippen molar-refractivity contribution >= 4 is 34.6 Å². The van der Waals surface area contributed by atoms with Crippen LogP contribution in [0.5, 0.6) is 11.5 Å². The van der Waals surface area contributed by atoms with Crippen molar-refractivity contribution in [2.24, 2.45) is 0 Å². The first-order valence-corrected chi connectivity index (χ1v) is 12.8. The van der Waals surface area contributed by atoms with Crippen molar-refractivity contribution < 1.29 is 37.7 Å². The van der Waals surface area contributed by atoms with Crippen LogP contribution in [-0.4, -0.2) is 36.4 Å². The van der Waals surface area contributed by atoms with Crippen molar-refractivity contribution in [3.8, 4) is 11.5 Å². The maximum Gasteiger partial charge on any atom is 0.416 e. The van der Waals surface area contributed by atoms with E-state index in [-0.39, 0.29) is 36.8 Å². The number of carboxylic acid groups (broad SMARTS) is 1. The molecule has 0 saturated carbocycles. The number of methoxy groups -OCH3 is 1. The summed E-state index contributed by atoms with van der Waals surface area (Å²) in [6.07, 6.45) is -3.81. The molecule has 0 atom stereocenters. The molecule has 212 valence electrons. The molecule has 0 aliphatic carbocycles. The van der Waals surface area contributed by atoms with Gasteiger partial charge in [0.1, 0.15) is 17.2 Å². The monoisotopic (exact) mass is 576 g/mol. The molecule has 11 heteroatoms. The van der Waals surface area contributed by atoms with Crippen molar-refractivity contribution in [2.75, 3.05) is 30.5 Å². The fourth-order valence-electron chi connectivity index (χ4n) is 4.50. The van der Waals surface area contributed by atoms with Gasteiger partial charge in [-0.05, 0) is 55.2 Å². The number of rotatable bonds is 10. The average Bonchev–Trinajstić information content (AvgIpc) is 3.34. The number of aliphatic hydroxyl groups is 1. The second-order valence-electron chi connectivity index (χ2n) is 9.26. The highest BCUT2D eigenvalue weighted by Gasteiger charge is 2.35. The quantitative estimate of drug-likeness (QED) is 0.173. The first kappa shape index (κ1) is 28.9. The van der Waals surface area contributed by atoms with Crippen LogP contribution in [-0.2, 0) is 17.4 Å². The molecular weight excluding hydrogens is 549 g/mol. The number of fused-ring (bicyclic) bond motifs is 1. The number of hydrogen-bond acceptors (Lipinski definition) is 6. The van der Waals surface area contributed by atoms with Crippen LogP contribution in [0.4, 0.5) is 24.5 Å². The zero-order valence-electron chi connectivity index (χ0n) is 21.8. The van der Waals surface area contributed by atoms with Gasteiger partial charge in [-0.25, -0.2) is 0 Å². The maximum absolute atomic E-state index is 13.6. The summed E-state index contributed by atoms with van der Waals surface area (Å²) in [5.74, 6) is -0.360. The van der Waals surface area contributed by atoms with Gasteiger partial charge in [-0.3, -0.25) is 4.79 Å². The molecule has 1 aliphatic heterocycles. The Morgan fingerprint density at radius 3 is 2.42 bits per heavy atom. The zero-order valence-corrected chi connectivity index (χ0v) is 22.6. The lowest BCUT2D eigenvalue weighted by molar-refractivity contribution is -0.138. The normalized spacial score (nSPS) is 13.5. The molecule has 4 rings (SSSR count). The van der Waals surface area contributed by atoms with Crippen LogP contribution in [0.3, 0.4) is 0 Å². The van der Waals surface area contributed by atoms with E-state index in [0.717, 1.165) is 17.7 Å². The molecule has 7 nitrogen and oxygen atoms in total. The van der Waals surface area contributed by atoms with E-state index in [1.807, 2.05) is 0 Å². The number of carbonyl (C=O) groups is 1. The molecule has 3 aromatic carbocycles. The second kappa shape index (κ2) is 12.0. The summed E-state index contributed by atoms with van der Waals surface area (Å²) in [6.45, 7) is 2.07. The number of nitrogens with one attached hydrogen (secondary N) is 1. The number of aryl methyl sites for hydroxylation is 1. The highest BCUT2D eigenvalue weighted by molar-refractivity contribution is 6.30. The molecule has 0 spiro atoms. The lowest BCUT2D eigenvalue weighted by Crippen LogP contribution is -2.23. The van der Waals surface area contributed by atoms with Gasteiger partial charge in [0.05, 0.1) is 19.3 Å². The Morgan fingerprint density at radius 2 is 1.77 bits per heavy atom. The minimum Gasteiger partial charge on any atom is -0.497 e. The van der Waals surface area contributed by atoms with E-state index in [4.69, 9.17) is 26.2 Å². The number of aliphatic carboxylic acids is 1. The third kappa shape index (κ3) is 6.74. The molecule has 0 saturated heterocycles. The number of anilines is 2. The van der Waals surface area contributed by atoms with Gasteiger partial charge in [0.15, 0.2) is 0 Å². The Hall–Kier alpha value is -4.05. The van der Waals surface area contributed by atoms with Crippen LogP contribution >= 0.6 is 11.6 Å². The van der Waals surface area contributed by atoms with Crippen molar-refractivity contribution in [1.29, 1.82) is 0 Å². The third-order valence-corrected chi connectivity index (χ3v) is 6.71. The van der Waals surface area contributed by atoms with Crippen molar-refractivity contribution in [3.05, 3.63) is 87.8 Å². The minimum atomic E-state index is -4.54. The zero-order chi connectivity index (χ0) is 29.0. The second-order valence-corrected chi connectivity index (χ2v) is 9.70. The third-order valence-electron chi connectivity index (χ3n) is 6.45. The molecule has 3 N–H and O–H groups in total. The average molecular weight is 577 g/mol. The molecule has 0 bridgehead atoms. The van der Waals surface area contributed by atoms with E-state index in [1.165, 1.54) is 12.0 Å². The van der Waals surface area contributed by atoms with E-state index >= 15 is 0 Å².